The minimum Gasteiger partial charge on any atom is -0.480 e. The van der Waals surface area contributed by atoms with E-state index < -0.39 is 96.2 Å². The summed E-state index contributed by atoms with van der Waals surface area (Å²) >= 11 is 4.19. The smallest absolute Gasteiger partial charge is 0.326 e. The number of carboxylic acids is 1. The largest absolute Gasteiger partial charge is 0.480 e. The highest BCUT2D eigenvalue weighted by molar-refractivity contribution is 7.80. The molecule has 1 aromatic rings. The van der Waals surface area contributed by atoms with Gasteiger partial charge in [-0.2, -0.15) is 12.6 Å². The molecule has 0 aromatic heterocycles. The van der Waals surface area contributed by atoms with Crippen LogP contribution in [0.25, 0.3) is 0 Å². The van der Waals surface area contributed by atoms with Gasteiger partial charge in [0.1, 0.15) is 36.3 Å². The van der Waals surface area contributed by atoms with Gasteiger partial charge in [-0.3, -0.25) is 33.6 Å². The molecule has 0 heterocycles. The van der Waals surface area contributed by atoms with Crippen molar-refractivity contribution in [2.75, 3.05) is 32.0 Å². The van der Waals surface area contributed by atoms with Crippen molar-refractivity contribution in [3.05, 3.63) is 35.9 Å². The van der Waals surface area contributed by atoms with Crippen molar-refractivity contribution in [1.82, 2.24) is 31.9 Å². The first-order valence-corrected chi connectivity index (χ1v) is 20.7. The van der Waals surface area contributed by atoms with E-state index in [0.29, 0.717) is 70.1 Å². The van der Waals surface area contributed by atoms with Crippen molar-refractivity contribution in [2.24, 2.45) is 28.7 Å². The number of hydrogen-bond donors (Lipinski definition) is 14. The molecule has 0 aliphatic heterocycles. The highest BCUT2D eigenvalue weighted by Crippen LogP contribution is 2.09. The topological polar surface area (TPSA) is 379 Å². The quantitative estimate of drug-likeness (QED) is 0.0244. The number of thiol groups is 1. The number of carbonyl (C=O) groups is 8. The van der Waals surface area contributed by atoms with Crippen LogP contribution in [0.1, 0.15) is 76.2 Å². The Kier molecular flexibility index (Phi) is 26.8. The summed E-state index contributed by atoms with van der Waals surface area (Å²) in [7, 11) is 0. The molecule has 7 atom stereocenters. The Labute approximate surface area is 355 Å². The first-order valence-electron chi connectivity index (χ1n) is 20.1. The Morgan fingerprint density at radius 1 is 0.550 bits per heavy atom. The fraction of sp³-hybridized carbons (Fsp3) is 0.632. The second-order valence-corrected chi connectivity index (χ2v) is 14.6. The van der Waals surface area contributed by atoms with E-state index in [1.165, 1.54) is 0 Å². The number of aliphatic hydroxyl groups excluding tert-OH is 1. The van der Waals surface area contributed by atoms with Crippen LogP contribution >= 0.6 is 12.6 Å². The Balaban J connectivity index is 3.25. The molecule has 21 nitrogen and oxygen atoms in total. The van der Waals surface area contributed by atoms with Crippen LogP contribution in [0.3, 0.4) is 0 Å². The van der Waals surface area contributed by atoms with Gasteiger partial charge in [-0.05, 0) is 83.0 Å². The Morgan fingerprint density at radius 2 is 0.967 bits per heavy atom. The number of nitrogens with two attached hydrogens (primary N) is 5. The molecule has 0 bridgehead atoms. The molecule has 22 heteroatoms. The van der Waals surface area contributed by atoms with E-state index in [1.807, 2.05) is 0 Å². The van der Waals surface area contributed by atoms with Crippen molar-refractivity contribution in [1.29, 1.82) is 0 Å². The van der Waals surface area contributed by atoms with Gasteiger partial charge in [-0.1, -0.05) is 36.8 Å². The number of rotatable bonds is 32. The van der Waals surface area contributed by atoms with Gasteiger partial charge < -0.3 is 70.8 Å². The zero-order valence-corrected chi connectivity index (χ0v) is 34.8. The number of aliphatic carboxylic acids is 1. The molecule has 0 unspecified atom stereocenters. The van der Waals surface area contributed by atoms with Gasteiger partial charge in [0.25, 0.3) is 0 Å². The molecule has 0 aliphatic rings. The van der Waals surface area contributed by atoms with E-state index in [1.54, 1.807) is 30.3 Å². The number of amides is 7. The summed E-state index contributed by atoms with van der Waals surface area (Å²) in [6, 6.07) is -0.740. The molecule has 338 valence electrons. The molecule has 60 heavy (non-hydrogen) atoms. The molecule has 1 rings (SSSR count). The predicted molar refractivity (Wildman–Crippen MR) is 225 cm³/mol. The zero-order valence-electron chi connectivity index (χ0n) is 33.9. The maximum absolute atomic E-state index is 13.8. The van der Waals surface area contributed by atoms with Gasteiger partial charge in [0.15, 0.2) is 0 Å². The molecule has 0 saturated heterocycles. The highest BCUT2D eigenvalue weighted by atomic mass is 32.1. The third-order valence-corrected chi connectivity index (χ3v) is 9.67. The molecule has 0 radical (unpaired) electrons. The van der Waals surface area contributed by atoms with Gasteiger partial charge in [0.2, 0.25) is 41.4 Å². The number of nitrogens with one attached hydrogen (secondary N) is 6. The van der Waals surface area contributed by atoms with E-state index in [4.69, 9.17) is 28.7 Å². The standard InChI is InChI=1S/C38H65N11O10S/c39-17-7-4-12-24(42)32(52)44-25(13-5-8-18-40)33(53)48-29(21-50)36(56)47-28(20-23-10-2-1-3-11-23)35(55)49-30(22-60)37(57)45-26(15-16-31(43)51)34(54)46-27(38(58)59)14-6-9-19-41/h1-3,10-11,24-30,50,60H,4-9,12-22,39-42H2,(H2,43,51)(H,44,52)(H,45,57)(H,46,54)(H,47,56)(H,48,53)(H,49,55)(H,58,59)/t24-,25-,26-,27-,28-,29-,30-/m0/s1. The van der Waals surface area contributed by atoms with Crippen molar-refractivity contribution in [3.63, 3.8) is 0 Å². The average Bonchev–Trinajstić information content (AvgIpc) is 3.22. The fourth-order valence-corrected chi connectivity index (χ4v) is 6.05. The predicted octanol–water partition coefficient (Wildman–Crippen LogP) is -3.88. The summed E-state index contributed by atoms with van der Waals surface area (Å²) < 4.78 is 0. The average molecular weight is 868 g/mol. The number of carbonyl (C=O) groups excluding carboxylic acids is 7. The first-order chi connectivity index (χ1) is 28.6. The zero-order chi connectivity index (χ0) is 45.0. The molecule has 0 saturated carbocycles. The van der Waals surface area contributed by atoms with Crippen LogP contribution in [0.15, 0.2) is 30.3 Å². The van der Waals surface area contributed by atoms with Gasteiger partial charge in [-0.15, -0.1) is 0 Å². The molecular formula is C38H65N11O10S. The number of aliphatic hydroxyl groups is 1. The molecule has 7 amide bonds. The van der Waals surface area contributed by atoms with Crippen LogP contribution < -0.4 is 60.6 Å². The number of primary amides is 1. The van der Waals surface area contributed by atoms with Crippen LogP contribution in [0.4, 0.5) is 0 Å². The summed E-state index contributed by atoms with van der Waals surface area (Å²) in [5.41, 5.74) is 28.5. The summed E-state index contributed by atoms with van der Waals surface area (Å²) in [5.74, 6) is -7.49. The van der Waals surface area contributed by atoms with Crippen LogP contribution in [0.5, 0.6) is 0 Å². The number of unbranched alkanes of at least 4 members (excludes halogenated alkanes) is 3. The van der Waals surface area contributed by atoms with Crippen LogP contribution in [-0.4, -0.2) is 132 Å². The van der Waals surface area contributed by atoms with Crippen molar-refractivity contribution >= 4 is 59.9 Å². The van der Waals surface area contributed by atoms with E-state index in [2.05, 4.69) is 44.5 Å². The maximum atomic E-state index is 13.8. The van der Waals surface area contributed by atoms with Crippen LogP contribution in [0.2, 0.25) is 0 Å². The van der Waals surface area contributed by atoms with Crippen molar-refractivity contribution < 1.29 is 48.6 Å². The lowest BCUT2D eigenvalue weighted by atomic mass is 10.0. The van der Waals surface area contributed by atoms with Crippen LogP contribution in [0, 0.1) is 0 Å². The second kappa shape index (κ2) is 30.2. The third kappa shape index (κ3) is 20.9. The lowest BCUT2D eigenvalue weighted by Gasteiger charge is -2.27. The Morgan fingerprint density at radius 3 is 1.48 bits per heavy atom. The monoisotopic (exact) mass is 867 g/mol. The van der Waals surface area contributed by atoms with Gasteiger partial charge >= 0.3 is 5.97 Å². The molecule has 0 aliphatic carbocycles. The number of benzene rings is 1. The highest BCUT2D eigenvalue weighted by Gasteiger charge is 2.33. The SMILES string of the molecule is NCCCC[C@H](NC(=O)[C@H](CCC(N)=O)NC(=O)[C@H](CS)NC(=O)[C@H](Cc1ccccc1)NC(=O)[C@H](CO)NC(=O)[C@H](CCCCN)NC(=O)[C@@H](N)CCCCN)C(=O)O. The summed E-state index contributed by atoms with van der Waals surface area (Å²) in [4.78, 5) is 104. The van der Waals surface area contributed by atoms with Crippen molar-refractivity contribution in [2.45, 2.75) is 119 Å². The first kappa shape index (κ1) is 53.1. The lowest BCUT2D eigenvalue weighted by molar-refractivity contribution is -0.142. The molecular weight excluding hydrogens is 803 g/mol. The lowest BCUT2D eigenvalue weighted by Crippen LogP contribution is -2.61. The van der Waals surface area contributed by atoms with E-state index in [0.717, 1.165) is 0 Å². The molecule has 18 N–H and O–H groups in total. The third-order valence-electron chi connectivity index (χ3n) is 9.31. The summed E-state index contributed by atoms with van der Waals surface area (Å²) in [5, 5.41) is 34.7. The normalized spacial score (nSPS) is 14.5. The number of carboxylic acid groups (broad SMARTS) is 1. The molecule has 0 fully saturated rings. The van der Waals surface area contributed by atoms with E-state index in [-0.39, 0.29) is 37.9 Å². The van der Waals surface area contributed by atoms with E-state index >= 15 is 0 Å². The summed E-state index contributed by atoms with van der Waals surface area (Å²) in [6.45, 7) is 0.173. The van der Waals surface area contributed by atoms with Gasteiger partial charge in [-0.25, -0.2) is 4.79 Å². The molecule has 1 aromatic carbocycles. The summed E-state index contributed by atoms with van der Waals surface area (Å²) in [6.07, 6.45) is 2.91. The van der Waals surface area contributed by atoms with Gasteiger partial charge in [0.05, 0.1) is 12.6 Å². The van der Waals surface area contributed by atoms with E-state index in [9.17, 15) is 48.6 Å². The second-order valence-electron chi connectivity index (χ2n) is 14.2. The van der Waals surface area contributed by atoms with Gasteiger partial charge in [0, 0.05) is 18.6 Å². The Bertz CT molecular complexity index is 1530. The van der Waals surface area contributed by atoms with Crippen molar-refractivity contribution in [3.8, 4) is 0 Å². The Hall–Kier alpha value is -4.87. The minimum atomic E-state index is -1.59. The minimum absolute atomic E-state index is 0.0516. The fourth-order valence-electron chi connectivity index (χ4n) is 5.79. The molecule has 0 spiro atoms. The maximum Gasteiger partial charge on any atom is 0.326 e. The number of hydrogen-bond acceptors (Lipinski definition) is 14. The van der Waals surface area contributed by atoms with Crippen LogP contribution in [-0.2, 0) is 44.8 Å².